The average molecular weight is 309 g/mol. The number of nitrogens with one attached hydrogen (secondary N) is 1. The van der Waals surface area contributed by atoms with Crippen LogP contribution in [-0.2, 0) is 6.42 Å². The van der Waals surface area contributed by atoms with E-state index < -0.39 is 0 Å². The van der Waals surface area contributed by atoms with Gasteiger partial charge in [0.25, 0.3) is 5.91 Å². The molecule has 23 heavy (non-hydrogen) atoms. The Bertz CT molecular complexity index is 713. The number of amides is 1. The molecule has 1 aliphatic heterocycles. The van der Waals surface area contributed by atoms with Crippen LogP contribution < -0.4 is 10.2 Å². The first kappa shape index (κ1) is 15.5. The Balaban J connectivity index is 1.90. The summed E-state index contributed by atoms with van der Waals surface area (Å²) in [4.78, 5) is 19.1. The molecule has 1 N–H and O–H groups in total. The standard InChI is InChI=1S/C19H23N3O/c1-4-13(2)21-19(23)16-9-10-20-18(12-16)22-14(3)11-15-7-5-6-8-17(15)22/h5-10,12-14H,4,11H2,1-3H3,(H,21,23). The molecule has 1 aliphatic rings. The van der Waals surface area contributed by atoms with E-state index in [4.69, 9.17) is 0 Å². The van der Waals surface area contributed by atoms with Gasteiger partial charge in [-0.05, 0) is 50.5 Å². The molecule has 2 unspecified atom stereocenters. The fraction of sp³-hybridized carbons (Fsp3) is 0.368. The molecule has 120 valence electrons. The molecule has 0 bridgehead atoms. The first-order chi connectivity index (χ1) is 11.1. The zero-order chi connectivity index (χ0) is 16.4. The smallest absolute Gasteiger partial charge is 0.251 e. The zero-order valence-corrected chi connectivity index (χ0v) is 13.9. The van der Waals surface area contributed by atoms with E-state index in [1.165, 1.54) is 11.3 Å². The van der Waals surface area contributed by atoms with Gasteiger partial charge < -0.3 is 10.2 Å². The molecule has 1 aromatic carbocycles. The van der Waals surface area contributed by atoms with Crippen LogP contribution in [0.2, 0.25) is 0 Å². The third-order valence-electron chi connectivity index (χ3n) is 4.45. The van der Waals surface area contributed by atoms with Crippen molar-refractivity contribution in [3.63, 3.8) is 0 Å². The van der Waals surface area contributed by atoms with Gasteiger partial charge in [0.05, 0.1) is 0 Å². The van der Waals surface area contributed by atoms with Crippen LogP contribution in [0.15, 0.2) is 42.6 Å². The number of hydrogen-bond donors (Lipinski definition) is 1. The lowest BCUT2D eigenvalue weighted by atomic mass is 10.1. The van der Waals surface area contributed by atoms with Crippen molar-refractivity contribution < 1.29 is 4.79 Å². The molecule has 4 nitrogen and oxygen atoms in total. The van der Waals surface area contributed by atoms with E-state index in [9.17, 15) is 4.79 Å². The summed E-state index contributed by atoms with van der Waals surface area (Å²) in [5.74, 6) is 0.794. The molecule has 3 rings (SSSR count). The number of carbonyl (C=O) groups excluding carboxylic acids is 1. The van der Waals surface area contributed by atoms with Crippen LogP contribution in [0.4, 0.5) is 11.5 Å². The molecule has 4 heteroatoms. The van der Waals surface area contributed by atoms with Gasteiger partial charge >= 0.3 is 0 Å². The SMILES string of the molecule is CCC(C)NC(=O)c1ccnc(N2c3ccccc3CC2C)c1. The van der Waals surface area contributed by atoms with Gasteiger partial charge in [-0.25, -0.2) is 4.98 Å². The Morgan fingerprint density at radius 3 is 2.96 bits per heavy atom. The largest absolute Gasteiger partial charge is 0.350 e. The number of pyridine rings is 1. The number of carbonyl (C=O) groups is 1. The molecule has 0 spiro atoms. The maximum Gasteiger partial charge on any atom is 0.251 e. The first-order valence-electron chi connectivity index (χ1n) is 8.24. The van der Waals surface area contributed by atoms with Gasteiger partial charge in [-0.2, -0.15) is 0 Å². The summed E-state index contributed by atoms with van der Waals surface area (Å²) >= 11 is 0. The summed E-state index contributed by atoms with van der Waals surface area (Å²) in [6, 6.07) is 12.6. The minimum Gasteiger partial charge on any atom is -0.350 e. The van der Waals surface area contributed by atoms with Crippen molar-refractivity contribution in [2.75, 3.05) is 4.90 Å². The molecule has 1 amide bonds. The van der Waals surface area contributed by atoms with E-state index in [1.54, 1.807) is 12.3 Å². The van der Waals surface area contributed by atoms with E-state index in [0.717, 1.165) is 18.7 Å². The fourth-order valence-electron chi connectivity index (χ4n) is 3.02. The van der Waals surface area contributed by atoms with Gasteiger partial charge in [0.15, 0.2) is 0 Å². The van der Waals surface area contributed by atoms with Crippen molar-refractivity contribution in [1.82, 2.24) is 10.3 Å². The Hall–Kier alpha value is -2.36. The van der Waals surface area contributed by atoms with Crippen molar-refractivity contribution in [2.24, 2.45) is 0 Å². The highest BCUT2D eigenvalue weighted by atomic mass is 16.1. The van der Waals surface area contributed by atoms with Crippen LogP contribution in [0, 0.1) is 0 Å². The molecule has 0 saturated heterocycles. The number of aromatic nitrogens is 1. The third kappa shape index (κ3) is 3.07. The van der Waals surface area contributed by atoms with Crippen molar-refractivity contribution >= 4 is 17.4 Å². The Labute approximate surface area is 137 Å². The fourth-order valence-corrected chi connectivity index (χ4v) is 3.02. The minimum atomic E-state index is -0.0388. The third-order valence-corrected chi connectivity index (χ3v) is 4.45. The van der Waals surface area contributed by atoms with Crippen LogP contribution in [0.3, 0.4) is 0 Å². The zero-order valence-electron chi connectivity index (χ0n) is 13.9. The second-order valence-corrected chi connectivity index (χ2v) is 6.24. The lowest BCUT2D eigenvalue weighted by Gasteiger charge is -2.24. The van der Waals surface area contributed by atoms with Crippen LogP contribution in [-0.4, -0.2) is 23.0 Å². The van der Waals surface area contributed by atoms with Crippen LogP contribution in [0.25, 0.3) is 0 Å². The van der Waals surface area contributed by atoms with Crippen LogP contribution >= 0.6 is 0 Å². The maximum absolute atomic E-state index is 12.4. The Morgan fingerprint density at radius 2 is 2.17 bits per heavy atom. The number of hydrogen-bond acceptors (Lipinski definition) is 3. The number of benzene rings is 1. The molecule has 2 aromatic rings. The van der Waals surface area contributed by atoms with Crippen molar-refractivity contribution in [2.45, 2.75) is 45.7 Å². The molecule has 0 fully saturated rings. The summed E-state index contributed by atoms with van der Waals surface area (Å²) in [5, 5.41) is 3.01. The summed E-state index contributed by atoms with van der Waals surface area (Å²) in [5.41, 5.74) is 3.18. The highest BCUT2D eigenvalue weighted by Gasteiger charge is 2.28. The van der Waals surface area contributed by atoms with Crippen molar-refractivity contribution in [3.8, 4) is 0 Å². The molecule has 0 radical (unpaired) electrons. The molecule has 0 saturated carbocycles. The lowest BCUT2D eigenvalue weighted by molar-refractivity contribution is 0.0939. The lowest BCUT2D eigenvalue weighted by Crippen LogP contribution is -2.32. The second-order valence-electron chi connectivity index (χ2n) is 6.24. The van der Waals surface area contributed by atoms with Gasteiger partial charge in [0.2, 0.25) is 0 Å². The normalized spacial score (nSPS) is 17.7. The van der Waals surface area contributed by atoms with Crippen molar-refractivity contribution in [1.29, 1.82) is 0 Å². The predicted octanol–water partition coefficient (Wildman–Crippen LogP) is 3.69. The number of para-hydroxylation sites is 1. The molecule has 0 aliphatic carbocycles. The number of rotatable bonds is 4. The summed E-state index contributed by atoms with van der Waals surface area (Å²) in [6.07, 6.45) is 3.63. The quantitative estimate of drug-likeness (QED) is 0.937. The average Bonchev–Trinajstić information content (AvgIpc) is 2.90. The monoisotopic (exact) mass is 309 g/mol. The molecule has 1 aromatic heterocycles. The number of nitrogens with zero attached hydrogens (tertiary/aromatic N) is 2. The molecule has 2 atom stereocenters. The Morgan fingerprint density at radius 1 is 1.39 bits per heavy atom. The topological polar surface area (TPSA) is 45.2 Å². The number of fused-ring (bicyclic) bond motifs is 1. The predicted molar refractivity (Wildman–Crippen MR) is 93.2 cm³/mol. The number of anilines is 2. The molecular formula is C19H23N3O. The van der Waals surface area contributed by atoms with E-state index in [0.29, 0.717) is 11.6 Å². The summed E-state index contributed by atoms with van der Waals surface area (Å²) in [6.45, 7) is 6.26. The molecular weight excluding hydrogens is 286 g/mol. The summed E-state index contributed by atoms with van der Waals surface area (Å²) < 4.78 is 0. The maximum atomic E-state index is 12.4. The van der Waals surface area contributed by atoms with E-state index in [1.807, 2.05) is 19.1 Å². The van der Waals surface area contributed by atoms with Gasteiger partial charge in [0.1, 0.15) is 5.82 Å². The van der Waals surface area contributed by atoms with Crippen molar-refractivity contribution in [3.05, 3.63) is 53.7 Å². The van der Waals surface area contributed by atoms with Gasteiger partial charge in [-0.1, -0.05) is 25.1 Å². The minimum absolute atomic E-state index is 0.0388. The Kier molecular flexibility index (Phi) is 4.33. The van der Waals surface area contributed by atoms with E-state index in [2.05, 4.69) is 47.2 Å². The second kappa shape index (κ2) is 6.41. The van der Waals surface area contributed by atoms with E-state index in [-0.39, 0.29) is 11.9 Å². The van der Waals surface area contributed by atoms with Crippen LogP contribution in [0.5, 0.6) is 0 Å². The van der Waals surface area contributed by atoms with E-state index >= 15 is 0 Å². The van der Waals surface area contributed by atoms with Crippen LogP contribution in [0.1, 0.15) is 43.1 Å². The highest BCUT2D eigenvalue weighted by Crippen LogP contribution is 2.37. The highest BCUT2D eigenvalue weighted by molar-refractivity contribution is 5.95. The van der Waals surface area contributed by atoms with Gasteiger partial charge in [0, 0.05) is 29.5 Å². The van der Waals surface area contributed by atoms with Gasteiger partial charge in [-0.3, -0.25) is 4.79 Å². The molecule has 2 heterocycles. The van der Waals surface area contributed by atoms with Gasteiger partial charge in [-0.15, -0.1) is 0 Å². The first-order valence-corrected chi connectivity index (χ1v) is 8.24. The summed E-state index contributed by atoms with van der Waals surface area (Å²) in [7, 11) is 0.